The third-order valence-electron chi connectivity index (χ3n) is 4.08. The summed E-state index contributed by atoms with van der Waals surface area (Å²) >= 11 is 0. The Labute approximate surface area is 144 Å². The summed E-state index contributed by atoms with van der Waals surface area (Å²) in [5.74, 6) is 1.53. The Kier molecular flexibility index (Phi) is 8.20. The molecular weight excluding hydrogens is 316 g/mol. The van der Waals surface area contributed by atoms with E-state index in [9.17, 15) is 4.79 Å². The second-order valence-electron chi connectivity index (χ2n) is 5.83. The van der Waals surface area contributed by atoms with Crippen molar-refractivity contribution in [1.29, 1.82) is 0 Å². The molecule has 6 heteroatoms. The molecule has 0 radical (unpaired) electrons. The van der Waals surface area contributed by atoms with Crippen molar-refractivity contribution in [3.8, 4) is 11.5 Å². The normalized spacial score (nSPS) is 20.3. The molecule has 23 heavy (non-hydrogen) atoms. The number of nitrogens with one attached hydrogen (secondary N) is 2. The minimum atomic E-state index is 0. The average molecular weight is 343 g/mol. The van der Waals surface area contributed by atoms with E-state index in [0.717, 1.165) is 24.9 Å². The average Bonchev–Trinajstić information content (AvgIpc) is 2.52. The highest BCUT2D eigenvalue weighted by molar-refractivity contribution is 5.85. The zero-order valence-corrected chi connectivity index (χ0v) is 14.9. The molecule has 2 N–H and O–H groups in total. The lowest BCUT2D eigenvalue weighted by atomic mass is 10.0. The molecule has 5 nitrogen and oxygen atoms in total. The summed E-state index contributed by atoms with van der Waals surface area (Å²) < 4.78 is 10.5. The number of hydrogen-bond donors (Lipinski definition) is 2. The molecule has 1 aliphatic heterocycles. The summed E-state index contributed by atoms with van der Waals surface area (Å²) in [4.78, 5) is 12.1. The molecule has 1 aromatic rings. The monoisotopic (exact) mass is 342 g/mol. The van der Waals surface area contributed by atoms with Gasteiger partial charge in [0.05, 0.1) is 14.2 Å². The molecule has 0 spiro atoms. The van der Waals surface area contributed by atoms with Crippen LogP contribution in [0.15, 0.2) is 18.2 Å². The Morgan fingerprint density at radius 2 is 2.04 bits per heavy atom. The lowest BCUT2D eigenvalue weighted by molar-refractivity contribution is -0.122. The quantitative estimate of drug-likeness (QED) is 0.833. The standard InChI is InChI=1S/C17H26N2O3.ClH/c1-12-10-14(8-9-18-12)19-17(20)7-5-13-4-6-15(21-2)16(11-13)22-3;/h4,6,11-12,14,18H,5,7-10H2,1-3H3,(H,19,20);1H. The van der Waals surface area contributed by atoms with Crippen LogP contribution in [0.1, 0.15) is 31.7 Å². The fourth-order valence-electron chi connectivity index (χ4n) is 2.86. The van der Waals surface area contributed by atoms with Gasteiger partial charge in [0.1, 0.15) is 0 Å². The van der Waals surface area contributed by atoms with Crippen LogP contribution in [0.2, 0.25) is 0 Å². The molecule has 2 unspecified atom stereocenters. The van der Waals surface area contributed by atoms with Crippen molar-refractivity contribution in [3.63, 3.8) is 0 Å². The molecule has 1 aromatic carbocycles. The number of piperidine rings is 1. The van der Waals surface area contributed by atoms with Gasteiger partial charge in [-0.05, 0) is 50.4 Å². The van der Waals surface area contributed by atoms with Gasteiger partial charge in [-0.3, -0.25) is 4.79 Å². The first-order chi connectivity index (χ1) is 10.6. The van der Waals surface area contributed by atoms with E-state index in [-0.39, 0.29) is 18.3 Å². The van der Waals surface area contributed by atoms with Crippen molar-refractivity contribution >= 4 is 18.3 Å². The predicted octanol–water partition coefficient (Wildman–Crippen LogP) is 2.31. The maximum atomic E-state index is 12.1. The zero-order chi connectivity index (χ0) is 15.9. The summed E-state index contributed by atoms with van der Waals surface area (Å²) in [6.45, 7) is 3.13. The molecule has 2 rings (SSSR count). The summed E-state index contributed by atoms with van der Waals surface area (Å²) in [5, 5.41) is 6.53. The van der Waals surface area contributed by atoms with Crippen molar-refractivity contribution in [1.82, 2.24) is 10.6 Å². The highest BCUT2D eigenvalue weighted by Crippen LogP contribution is 2.27. The highest BCUT2D eigenvalue weighted by atomic mass is 35.5. The van der Waals surface area contributed by atoms with Gasteiger partial charge in [0.15, 0.2) is 11.5 Å². The highest BCUT2D eigenvalue weighted by Gasteiger charge is 2.19. The van der Waals surface area contributed by atoms with E-state index in [1.165, 1.54) is 0 Å². The van der Waals surface area contributed by atoms with Gasteiger partial charge < -0.3 is 20.1 Å². The van der Waals surface area contributed by atoms with Gasteiger partial charge in [-0.15, -0.1) is 12.4 Å². The minimum Gasteiger partial charge on any atom is -0.493 e. The molecule has 1 aliphatic rings. The summed E-state index contributed by atoms with van der Waals surface area (Å²) in [7, 11) is 3.23. The van der Waals surface area contributed by atoms with Crippen LogP contribution in [0.5, 0.6) is 11.5 Å². The van der Waals surface area contributed by atoms with E-state index in [0.29, 0.717) is 36.4 Å². The molecule has 0 saturated carbocycles. The van der Waals surface area contributed by atoms with Gasteiger partial charge in [-0.1, -0.05) is 6.07 Å². The van der Waals surface area contributed by atoms with Gasteiger partial charge in [0.25, 0.3) is 0 Å². The zero-order valence-electron chi connectivity index (χ0n) is 14.1. The first-order valence-electron chi connectivity index (χ1n) is 7.86. The van der Waals surface area contributed by atoms with Crippen molar-refractivity contribution < 1.29 is 14.3 Å². The fourth-order valence-corrected chi connectivity index (χ4v) is 2.86. The third kappa shape index (κ3) is 5.92. The minimum absolute atomic E-state index is 0. The topological polar surface area (TPSA) is 59.6 Å². The smallest absolute Gasteiger partial charge is 0.220 e. The van der Waals surface area contributed by atoms with Crippen LogP contribution in [0.4, 0.5) is 0 Å². The van der Waals surface area contributed by atoms with Crippen LogP contribution in [-0.4, -0.2) is 38.8 Å². The van der Waals surface area contributed by atoms with Gasteiger partial charge in [0.2, 0.25) is 5.91 Å². The number of carbonyl (C=O) groups is 1. The third-order valence-corrected chi connectivity index (χ3v) is 4.08. The van der Waals surface area contributed by atoms with E-state index in [1.54, 1.807) is 14.2 Å². The number of ether oxygens (including phenoxy) is 2. The molecule has 1 heterocycles. The van der Waals surface area contributed by atoms with E-state index in [4.69, 9.17) is 9.47 Å². The van der Waals surface area contributed by atoms with Crippen LogP contribution < -0.4 is 20.1 Å². The Hall–Kier alpha value is -1.46. The number of halogens is 1. The van der Waals surface area contributed by atoms with Crippen LogP contribution in [-0.2, 0) is 11.2 Å². The molecule has 1 fully saturated rings. The van der Waals surface area contributed by atoms with E-state index in [2.05, 4.69) is 17.6 Å². The van der Waals surface area contributed by atoms with Gasteiger partial charge in [-0.2, -0.15) is 0 Å². The van der Waals surface area contributed by atoms with Gasteiger partial charge >= 0.3 is 0 Å². The van der Waals surface area contributed by atoms with E-state index in [1.807, 2.05) is 18.2 Å². The Morgan fingerprint density at radius 1 is 1.30 bits per heavy atom. The lowest BCUT2D eigenvalue weighted by Crippen LogP contribution is -2.46. The van der Waals surface area contributed by atoms with Crippen molar-refractivity contribution in [2.75, 3.05) is 20.8 Å². The first kappa shape index (κ1) is 19.6. The number of aryl methyl sites for hydroxylation is 1. The second kappa shape index (κ2) is 9.63. The Morgan fingerprint density at radius 3 is 2.70 bits per heavy atom. The summed E-state index contributed by atoms with van der Waals surface area (Å²) in [6.07, 6.45) is 3.20. The maximum Gasteiger partial charge on any atom is 0.220 e. The van der Waals surface area contributed by atoms with E-state index < -0.39 is 0 Å². The Balaban J connectivity index is 0.00000264. The number of carbonyl (C=O) groups excluding carboxylic acids is 1. The second-order valence-corrected chi connectivity index (χ2v) is 5.83. The largest absolute Gasteiger partial charge is 0.493 e. The molecule has 1 amide bonds. The fraction of sp³-hybridized carbons (Fsp3) is 0.588. The number of rotatable bonds is 6. The number of amides is 1. The molecule has 0 aromatic heterocycles. The molecule has 0 bridgehead atoms. The van der Waals surface area contributed by atoms with Crippen molar-refractivity contribution in [2.24, 2.45) is 0 Å². The van der Waals surface area contributed by atoms with Crippen LogP contribution >= 0.6 is 12.4 Å². The predicted molar refractivity (Wildman–Crippen MR) is 93.7 cm³/mol. The van der Waals surface area contributed by atoms with Crippen LogP contribution in [0, 0.1) is 0 Å². The van der Waals surface area contributed by atoms with Gasteiger partial charge in [-0.25, -0.2) is 0 Å². The van der Waals surface area contributed by atoms with Crippen molar-refractivity contribution in [3.05, 3.63) is 23.8 Å². The summed E-state index contributed by atoms with van der Waals surface area (Å²) in [6, 6.07) is 6.56. The number of benzene rings is 1. The maximum absolute atomic E-state index is 12.1. The summed E-state index contributed by atoms with van der Waals surface area (Å²) in [5.41, 5.74) is 1.08. The lowest BCUT2D eigenvalue weighted by Gasteiger charge is -2.28. The van der Waals surface area contributed by atoms with Crippen molar-refractivity contribution in [2.45, 2.75) is 44.7 Å². The van der Waals surface area contributed by atoms with Crippen LogP contribution in [0.25, 0.3) is 0 Å². The number of methoxy groups -OCH3 is 2. The molecule has 130 valence electrons. The van der Waals surface area contributed by atoms with Crippen LogP contribution in [0.3, 0.4) is 0 Å². The molecule has 0 aliphatic carbocycles. The van der Waals surface area contributed by atoms with E-state index >= 15 is 0 Å². The van der Waals surface area contributed by atoms with Gasteiger partial charge in [0, 0.05) is 18.5 Å². The molecule has 2 atom stereocenters. The molecule has 1 saturated heterocycles. The Bertz CT molecular complexity index is 511. The SMILES string of the molecule is COc1ccc(CCC(=O)NC2CCNC(C)C2)cc1OC.Cl. The molecular formula is C17H27ClN2O3. The first-order valence-corrected chi connectivity index (χ1v) is 7.86. The number of hydrogen-bond acceptors (Lipinski definition) is 4.